The number of H-pyrrole nitrogens is 1. The van der Waals surface area contributed by atoms with Gasteiger partial charge in [0.05, 0.1) is 19.1 Å². The summed E-state index contributed by atoms with van der Waals surface area (Å²) >= 11 is 3.23. The summed E-state index contributed by atoms with van der Waals surface area (Å²) in [4.78, 5) is 6.19. The first kappa shape index (κ1) is 13.6. The highest BCUT2D eigenvalue weighted by Gasteiger charge is 2.13. The van der Waals surface area contributed by atoms with Crippen LogP contribution < -0.4 is 4.72 Å². The summed E-state index contributed by atoms with van der Waals surface area (Å²) < 4.78 is 30.7. The van der Waals surface area contributed by atoms with Crippen molar-refractivity contribution in [2.75, 3.05) is 25.1 Å². The fourth-order valence-electron chi connectivity index (χ4n) is 1.01. The third kappa shape index (κ3) is 4.60. The van der Waals surface area contributed by atoms with Crippen molar-refractivity contribution in [2.24, 2.45) is 0 Å². The lowest BCUT2D eigenvalue weighted by Gasteiger charge is -2.04. The van der Waals surface area contributed by atoms with Crippen LogP contribution in [0.15, 0.2) is 17.6 Å². The van der Waals surface area contributed by atoms with Crippen LogP contribution in [-0.2, 0) is 14.8 Å². The van der Waals surface area contributed by atoms with Gasteiger partial charge in [-0.25, -0.2) is 18.1 Å². The molecule has 16 heavy (non-hydrogen) atoms. The van der Waals surface area contributed by atoms with Crippen LogP contribution in [0.25, 0.3) is 0 Å². The Morgan fingerprint density at radius 3 is 2.94 bits per heavy atom. The van der Waals surface area contributed by atoms with Gasteiger partial charge in [-0.2, -0.15) is 0 Å². The van der Waals surface area contributed by atoms with E-state index < -0.39 is 10.0 Å². The van der Waals surface area contributed by atoms with Crippen LogP contribution in [0.4, 0.5) is 0 Å². The number of nitrogens with zero attached hydrogens (tertiary/aromatic N) is 1. The van der Waals surface area contributed by atoms with Crippen molar-refractivity contribution in [2.45, 2.75) is 11.4 Å². The van der Waals surface area contributed by atoms with Crippen LogP contribution in [0.5, 0.6) is 0 Å². The molecule has 0 amide bonds. The van der Waals surface area contributed by atoms with E-state index in [1.165, 1.54) is 12.5 Å². The summed E-state index contributed by atoms with van der Waals surface area (Å²) in [7, 11) is -3.44. The molecular weight excluding hydrogens is 298 g/mol. The quantitative estimate of drug-likeness (QED) is 0.540. The molecule has 0 aliphatic heterocycles. The number of halogens is 1. The van der Waals surface area contributed by atoms with Gasteiger partial charge in [0.15, 0.2) is 5.03 Å². The van der Waals surface area contributed by atoms with Crippen molar-refractivity contribution in [1.82, 2.24) is 14.7 Å². The van der Waals surface area contributed by atoms with Gasteiger partial charge in [-0.15, -0.1) is 0 Å². The van der Waals surface area contributed by atoms with E-state index in [0.29, 0.717) is 26.2 Å². The number of aromatic amines is 1. The zero-order valence-corrected chi connectivity index (χ0v) is 11.1. The first-order valence-electron chi connectivity index (χ1n) is 4.78. The van der Waals surface area contributed by atoms with E-state index in [1.807, 2.05) is 0 Å². The Bertz CT molecular complexity index is 379. The van der Waals surface area contributed by atoms with Crippen LogP contribution in [0.3, 0.4) is 0 Å². The van der Waals surface area contributed by atoms with Crippen LogP contribution in [0, 0.1) is 0 Å². The molecular formula is C8H14BrN3O3S. The molecule has 0 aromatic carbocycles. The number of aromatic nitrogens is 2. The van der Waals surface area contributed by atoms with Crippen molar-refractivity contribution in [3.63, 3.8) is 0 Å². The maximum Gasteiger partial charge on any atom is 0.257 e. The predicted octanol–water partition coefficient (Wildman–Crippen LogP) is 0.490. The lowest BCUT2D eigenvalue weighted by atomic mass is 10.5. The van der Waals surface area contributed by atoms with Gasteiger partial charge in [-0.3, -0.25) is 0 Å². The molecule has 1 aromatic heterocycles. The topological polar surface area (TPSA) is 84.1 Å². The van der Waals surface area contributed by atoms with Gasteiger partial charge in [0.25, 0.3) is 10.0 Å². The van der Waals surface area contributed by atoms with Crippen LogP contribution >= 0.6 is 15.9 Å². The minimum absolute atomic E-state index is 0.0777. The van der Waals surface area contributed by atoms with Gasteiger partial charge < -0.3 is 9.72 Å². The Balaban J connectivity index is 2.22. The summed E-state index contributed by atoms with van der Waals surface area (Å²) in [6.45, 7) is 1.52. The number of nitrogens with one attached hydrogen (secondary N) is 2. The zero-order valence-electron chi connectivity index (χ0n) is 8.65. The Morgan fingerprint density at radius 1 is 1.50 bits per heavy atom. The molecule has 0 spiro atoms. The van der Waals surface area contributed by atoms with Crippen molar-refractivity contribution in [3.8, 4) is 0 Å². The number of rotatable bonds is 8. The molecule has 92 valence electrons. The van der Waals surface area contributed by atoms with Gasteiger partial charge in [0.2, 0.25) is 0 Å². The lowest BCUT2D eigenvalue weighted by Crippen LogP contribution is -2.25. The minimum atomic E-state index is -3.44. The highest BCUT2D eigenvalue weighted by Crippen LogP contribution is 2.01. The molecule has 2 N–H and O–H groups in total. The summed E-state index contributed by atoms with van der Waals surface area (Å²) in [5, 5.41) is 0.862. The second-order valence-electron chi connectivity index (χ2n) is 2.97. The maximum atomic E-state index is 11.6. The van der Waals surface area contributed by atoms with Crippen molar-refractivity contribution in [1.29, 1.82) is 0 Å². The molecule has 1 rings (SSSR count). The van der Waals surface area contributed by atoms with Crippen molar-refractivity contribution >= 4 is 26.0 Å². The molecule has 0 atom stereocenters. The fourth-order valence-corrected chi connectivity index (χ4v) is 2.21. The standard InChI is InChI=1S/C8H14BrN3O3S/c9-2-5-15-4-1-3-12-16(13,14)8-6-10-7-11-8/h6-7,12H,1-5H2,(H,10,11). The molecule has 1 aromatic rings. The molecule has 0 saturated carbocycles. The predicted molar refractivity (Wildman–Crippen MR) is 63.0 cm³/mol. The van der Waals surface area contributed by atoms with E-state index in [4.69, 9.17) is 4.74 Å². The lowest BCUT2D eigenvalue weighted by molar-refractivity contribution is 0.149. The molecule has 8 heteroatoms. The number of hydrogen-bond donors (Lipinski definition) is 2. The van der Waals surface area contributed by atoms with Crippen LogP contribution in [0.1, 0.15) is 6.42 Å². The van der Waals surface area contributed by atoms with E-state index in [2.05, 4.69) is 30.6 Å². The molecule has 0 aliphatic carbocycles. The van der Waals surface area contributed by atoms with E-state index >= 15 is 0 Å². The number of ether oxygens (including phenoxy) is 1. The largest absolute Gasteiger partial charge is 0.381 e. The van der Waals surface area contributed by atoms with Crippen molar-refractivity contribution < 1.29 is 13.2 Å². The smallest absolute Gasteiger partial charge is 0.257 e. The highest BCUT2D eigenvalue weighted by atomic mass is 79.9. The molecule has 6 nitrogen and oxygen atoms in total. The van der Waals surface area contributed by atoms with E-state index in [0.717, 1.165) is 5.33 Å². The van der Waals surface area contributed by atoms with Gasteiger partial charge in [-0.05, 0) is 6.42 Å². The van der Waals surface area contributed by atoms with Gasteiger partial charge in [0, 0.05) is 18.5 Å². The van der Waals surface area contributed by atoms with E-state index in [9.17, 15) is 8.42 Å². The van der Waals surface area contributed by atoms with Crippen molar-refractivity contribution in [3.05, 3.63) is 12.5 Å². The zero-order chi connectivity index (χ0) is 11.9. The highest BCUT2D eigenvalue weighted by molar-refractivity contribution is 9.09. The van der Waals surface area contributed by atoms with Crippen LogP contribution in [0.2, 0.25) is 0 Å². The van der Waals surface area contributed by atoms with Gasteiger partial charge >= 0.3 is 0 Å². The first-order valence-corrected chi connectivity index (χ1v) is 7.39. The Hall–Kier alpha value is -0.440. The molecule has 0 saturated heterocycles. The number of hydrogen-bond acceptors (Lipinski definition) is 4. The van der Waals surface area contributed by atoms with E-state index in [-0.39, 0.29) is 5.03 Å². The third-order valence-corrected chi connectivity index (χ3v) is 3.45. The normalized spacial score (nSPS) is 11.8. The molecule has 0 radical (unpaired) electrons. The fraction of sp³-hybridized carbons (Fsp3) is 0.625. The van der Waals surface area contributed by atoms with Gasteiger partial charge in [-0.1, -0.05) is 15.9 Å². The SMILES string of the molecule is O=S(=O)(NCCCOCCBr)c1cnc[nH]1. The maximum absolute atomic E-state index is 11.6. The number of alkyl halides is 1. The Morgan fingerprint density at radius 2 is 2.31 bits per heavy atom. The third-order valence-electron chi connectivity index (χ3n) is 1.74. The average Bonchev–Trinajstić information content (AvgIpc) is 2.77. The number of imidazole rings is 1. The monoisotopic (exact) mass is 311 g/mol. The van der Waals surface area contributed by atoms with E-state index in [1.54, 1.807) is 0 Å². The summed E-state index contributed by atoms with van der Waals surface area (Å²) in [6.07, 6.45) is 3.23. The molecule has 0 aliphatic rings. The summed E-state index contributed by atoms with van der Waals surface area (Å²) in [6, 6.07) is 0. The van der Waals surface area contributed by atoms with Gasteiger partial charge in [0.1, 0.15) is 0 Å². The minimum Gasteiger partial charge on any atom is -0.381 e. The molecule has 0 bridgehead atoms. The first-order chi connectivity index (χ1) is 7.67. The second kappa shape index (κ2) is 7.00. The van der Waals surface area contributed by atoms with Crippen LogP contribution in [-0.4, -0.2) is 43.5 Å². The molecule has 0 fully saturated rings. The Labute approximate surface area is 103 Å². The molecule has 0 unspecified atom stereocenters. The second-order valence-corrected chi connectivity index (χ2v) is 5.50. The summed E-state index contributed by atoms with van der Waals surface area (Å²) in [5.74, 6) is 0. The average molecular weight is 312 g/mol. The Kier molecular flexibility index (Phi) is 5.96. The summed E-state index contributed by atoms with van der Waals surface area (Å²) in [5.41, 5.74) is 0. The molecule has 1 heterocycles. The number of sulfonamides is 1.